The first-order chi connectivity index (χ1) is 8.90. The minimum atomic E-state index is -0.833. The molecule has 2 atom stereocenters. The van der Waals surface area contributed by atoms with E-state index < -0.39 is 18.4 Å². The first kappa shape index (κ1) is 20.6. The van der Waals surface area contributed by atoms with Crippen LogP contribution in [0.1, 0.15) is 52.9 Å². The van der Waals surface area contributed by atoms with Gasteiger partial charge in [0.1, 0.15) is 12.5 Å². The van der Waals surface area contributed by atoms with Gasteiger partial charge in [0.15, 0.2) is 0 Å². The Morgan fingerprint density at radius 2 is 1.47 bits per heavy atom. The smallest absolute Gasteiger partial charge is 0.300 e. The molecule has 0 spiro atoms. The zero-order valence-corrected chi connectivity index (χ0v) is 12.2. The normalized spacial score (nSPS) is 13.6. The Morgan fingerprint density at radius 1 is 1.11 bits per heavy atom. The average molecular weight is 279 g/mol. The lowest BCUT2D eigenvalue weighted by Crippen LogP contribution is -2.44. The average Bonchev–Trinajstić information content (AvgIpc) is 2.29. The van der Waals surface area contributed by atoms with E-state index in [4.69, 9.17) is 15.0 Å². The van der Waals surface area contributed by atoms with Crippen molar-refractivity contribution < 1.29 is 25.2 Å². The van der Waals surface area contributed by atoms with E-state index in [1.54, 1.807) is 4.90 Å². The molecule has 6 heteroatoms. The second kappa shape index (κ2) is 13.7. The highest BCUT2D eigenvalue weighted by atomic mass is 16.4. The minimum absolute atomic E-state index is 0.0915. The highest BCUT2D eigenvalue weighted by Gasteiger charge is 2.21. The van der Waals surface area contributed by atoms with E-state index in [2.05, 4.69) is 0 Å². The predicted molar refractivity (Wildman–Crippen MR) is 73.5 cm³/mol. The van der Waals surface area contributed by atoms with Gasteiger partial charge in [-0.1, -0.05) is 26.7 Å². The summed E-state index contributed by atoms with van der Waals surface area (Å²) in [5, 5.41) is 35.8. The fraction of sp³-hybridized carbons (Fsp3) is 0.923. The fourth-order valence-electron chi connectivity index (χ4n) is 1.60. The predicted octanol–water partition coefficient (Wildman–Crippen LogP) is 0.999. The minimum Gasteiger partial charge on any atom is -0.481 e. The molecular formula is C13H29NO5. The third-order valence-electron chi connectivity index (χ3n) is 2.43. The number of hydrogen-bond acceptors (Lipinski definition) is 5. The number of aliphatic hydroxyl groups is 3. The van der Waals surface area contributed by atoms with Gasteiger partial charge in [0, 0.05) is 20.1 Å². The van der Waals surface area contributed by atoms with Crippen molar-refractivity contribution in [2.45, 2.75) is 65.3 Å². The van der Waals surface area contributed by atoms with E-state index in [1.165, 1.54) is 0 Å². The maximum Gasteiger partial charge on any atom is 0.300 e. The van der Waals surface area contributed by atoms with Crippen LogP contribution in [-0.2, 0) is 4.79 Å². The van der Waals surface area contributed by atoms with Gasteiger partial charge in [-0.3, -0.25) is 9.69 Å². The molecule has 0 radical (unpaired) electrons. The van der Waals surface area contributed by atoms with Gasteiger partial charge in [-0.05, 0) is 19.3 Å². The van der Waals surface area contributed by atoms with E-state index in [-0.39, 0.29) is 6.61 Å². The molecule has 0 heterocycles. The molecule has 0 aliphatic rings. The lowest BCUT2D eigenvalue weighted by atomic mass is 10.2. The van der Waals surface area contributed by atoms with Gasteiger partial charge < -0.3 is 20.4 Å². The second-order valence-corrected chi connectivity index (χ2v) is 4.37. The van der Waals surface area contributed by atoms with Crippen molar-refractivity contribution in [3.05, 3.63) is 0 Å². The topological polar surface area (TPSA) is 101 Å². The number of rotatable bonds is 9. The van der Waals surface area contributed by atoms with Crippen molar-refractivity contribution in [2.75, 3.05) is 13.2 Å². The van der Waals surface area contributed by atoms with Crippen LogP contribution in [0.15, 0.2) is 0 Å². The van der Waals surface area contributed by atoms with E-state index in [0.717, 1.165) is 19.8 Å². The van der Waals surface area contributed by atoms with Gasteiger partial charge in [0.05, 0.1) is 0 Å². The number of hydrogen-bond donors (Lipinski definition) is 4. The second-order valence-electron chi connectivity index (χ2n) is 4.37. The number of carboxylic acid groups (broad SMARTS) is 1. The molecule has 0 saturated carbocycles. The Bertz CT molecular complexity index is 197. The maximum absolute atomic E-state index is 9.82. The van der Waals surface area contributed by atoms with Crippen LogP contribution in [0.2, 0.25) is 0 Å². The van der Waals surface area contributed by atoms with Crippen LogP contribution in [0, 0.1) is 0 Å². The van der Waals surface area contributed by atoms with Crippen molar-refractivity contribution >= 4 is 5.97 Å². The highest BCUT2D eigenvalue weighted by molar-refractivity contribution is 5.62. The third-order valence-corrected chi connectivity index (χ3v) is 2.43. The highest BCUT2D eigenvalue weighted by Crippen LogP contribution is 2.11. The molecule has 6 nitrogen and oxygen atoms in total. The number of aliphatic hydroxyl groups excluding tert-OH is 3. The number of aliphatic carboxylic acids is 1. The first-order valence-corrected chi connectivity index (χ1v) is 6.82. The molecule has 0 aromatic carbocycles. The van der Waals surface area contributed by atoms with Gasteiger partial charge in [0.25, 0.3) is 5.97 Å². The monoisotopic (exact) mass is 279 g/mol. The SMILES string of the molecule is CC(=O)O.CCCC(O)N(CCCO)C(O)CCC. The summed E-state index contributed by atoms with van der Waals surface area (Å²) in [6.07, 6.45) is 2.48. The molecule has 0 fully saturated rings. The molecule has 0 saturated heterocycles. The van der Waals surface area contributed by atoms with Crippen molar-refractivity contribution in [2.24, 2.45) is 0 Å². The van der Waals surface area contributed by atoms with Crippen LogP contribution in [0.5, 0.6) is 0 Å². The summed E-state index contributed by atoms with van der Waals surface area (Å²) in [7, 11) is 0. The lowest BCUT2D eigenvalue weighted by molar-refractivity contribution is -0.134. The summed E-state index contributed by atoms with van der Waals surface area (Å²) in [5.74, 6) is -0.833. The van der Waals surface area contributed by atoms with Gasteiger partial charge in [-0.25, -0.2) is 0 Å². The quantitative estimate of drug-likeness (QED) is 0.470. The van der Waals surface area contributed by atoms with Crippen LogP contribution >= 0.6 is 0 Å². The van der Waals surface area contributed by atoms with E-state index in [0.29, 0.717) is 25.8 Å². The molecule has 0 amide bonds. The number of carbonyl (C=O) groups is 1. The molecule has 0 aromatic heterocycles. The molecule has 0 aliphatic heterocycles. The van der Waals surface area contributed by atoms with E-state index in [1.807, 2.05) is 13.8 Å². The van der Waals surface area contributed by atoms with Crippen molar-refractivity contribution in [1.82, 2.24) is 4.90 Å². The Hall–Kier alpha value is -0.690. The molecular weight excluding hydrogens is 250 g/mol. The summed E-state index contributed by atoms with van der Waals surface area (Å²) >= 11 is 0. The van der Waals surface area contributed by atoms with Crippen LogP contribution in [0.25, 0.3) is 0 Å². The molecule has 0 bridgehead atoms. The van der Waals surface area contributed by atoms with Crippen molar-refractivity contribution in [3.8, 4) is 0 Å². The van der Waals surface area contributed by atoms with Crippen LogP contribution in [0.4, 0.5) is 0 Å². The van der Waals surface area contributed by atoms with Crippen molar-refractivity contribution in [3.63, 3.8) is 0 Å². The zero-order chi connectivity index (χ0) is 15.3. The van der Waals surface area contributed by atoms with Crippen LogP contribution in [-0.4, -0.2) is 56.9 Å². The van der Waals surface area contributed by atoms with E-state index in [9.17, 15) is 10.2 Å². The molecule has 116 valence electrons. The van der Waals surface area contributed by atoms with Gasteiger partial charge in [-0.2, -0.15) is 0 Å². The molecule has 0 aliphatic carbocycles. The van der Waals surface area contributed by atoms with Crippen molar-refractivity contribution in [1.29, 1.82) is 0 Å². The Balaban J connectivity index is 0. The van der Waals surface area contributed by atoms with Gasteiger partial charge in [0.2, 0.25) is 0 Å². The maximum atomic E-state index is 9.82. The van der Waals surface area contributed by atoms with Crippen LogP contribution in [0.3, 0.4) is 0 Å². The van der Waals surface area contributed by atoms with E-state index >= 15 is 0 Å². The third kappa shape index (κ3) is 13.5. The zero-order valence-electron chi connectivity index (χ0n) is 12.2. The molecule has 2 unspecified atom stereocenters. The summed E-state index contributed by atoms with van der Waals surface area (Å²) in [5.41, 5.74) is 0. The molecule has 0 rings (SSSR count). The van der Waals surface area contributed by atoms with Gasteiger partial charge >= 0.3 is 0 Å². The summed E-state index contributed by atoms with van der Waals surface area (Å²) in [4.78, 5) is 10.7. The Labute approximate surface area is 115 Å². The van der Waals surface area contributed by atoms with Gasteiger partial charge in [-0.15, -0.1) is 0 Å². The standard InChI is InChI=1S/C11H25NO3.C2H4O2/c1-3-6-10(14)12(8-5-9-13)11(15)7-4-2;1-2(3)4/h10-11,13-15H,3-9H2,1-2H3;1H3,(H,3,4). The van der Waals surface area contributed by atoms with Crippen LogP contribution < -0.4 is 0 Å². The Morgan fingerprint density at radius 3 is 1.74 bits per heavy atom. The number of nitrogens with zero attached hydrogens (tertiary/aromatic N) is 1. The largest absolute Gasteiger partial charge is 0.481 e. The molecule has 4 N–H and O–H groups in total. The molecule has 0 aromatic rings. The summed E-state index contributed by atoms with van der Waals surface area (Å²) in [6.45, 7) is 5.71. The molecule has 19 heavy (non-hydrogen) atoms. The fourth-order valence-corrected chi connectivity index (χ4v) is 1.60. The lowest BCUT2D eigenvalue weighted by Gasteiger charge is -2.32. The Kier molecular flexibility index (Phi) is 14.9. The summed E-state index contributed by atoms with van der Waals surface area (Å²) < 4.78 is 0. The first-order valence-electron chi connectivity index (χ1n) is 6.82. The summed E-state index contributed by atoms with van der Waals surface area (Å²) in [6, 6.07) is 0. The number of carboxylic acids is 1.